The number of aryl methyl sites for hydroxylation is 2. The summed E-state index contributed by atoms with van der Waals surface area (Å²) >= 11 is 0. The Morgan fingerprint density at radius 2 is 1.79 bits per heavy atom. The number of aliphatic hydroxyl groups is 1. The number of ether oxygens (including phenoxy) is 1. The second-order valence-electron chi connectivity index (χ2n) is 12.5. The number of nitrogens with zero attached hydrogens (tertiary/aromatic N) is 5. The van der Waals surface area contributed by atoms with Gasteiger partial charge in [-0.05, 0) is 62.6 Å². The summed E-state index contributed by atoms with van der Waals surface area (Å²) in [5.74, 6) is 0.900. The van der Waals surface area contributed by atoms with Gasteiger partial charge in [-0.1, -0.05) is 67.0 Å². The number of aromatic nitrogens is 6. The Balaban J connectivity index is 0.00000433. The van der Waals surface area contributed by atoms with Gasteiger partial charge in [0.25, 0.3) is 5.56 Å². The van der Waals surface area contributed by atoms with Gasteiger partial charge >= 0.3 is 57.1 Å². The molecule has 0 radical (unpaired) electrons. The molecule has 3 heterocycles. The van der Waals surface area contributed by atoms with Crippen molar-refractivity contribution in [3.63, 3.8) is 0 Å². The van der Waals surface area contributed by atoms with E-state index in [-0.39, 0.29) is 75.7 Å². The van der Waals surface area contributed by atoms with Crippen LogP contribution in [0.1, 0.15) is 74.6 Å². The molecule has 1 aliphatic carbocycles. The average Bonchev–Trinajstić information content (AvgIpc) is 3.67. The third-order valence-electron chi connectivity index (χ3n) is 8.67. The van der Waals surface area contributed by atoms with E-state index < -0.39 is 18.0 Å². The molecule has 1 fully saturated rings. The first-order valence-electron chi connectivity index (χ1n) is 15.8. The van der Waals surface area contributed by atoms with E-state index in [2.05, 4.69) is 17.1 Å². The van der Waals surface area contributed by atoms with Gasteiger partial charge in [0.05, 0.1) is 18.4 Å². The number of hydrogen-bond acceptors (Lipinski definition) is 8. The number of hydrogen-bond donors (Lipinski definition) is 2. The summed E-state index contributed by atoms with van der Waals surface area (Å²) in [4.78, 5) is 33.3. The number of fused-ring (bicyclic) bond motifs is 1. The summed E-state index contributed by atoms with van der Waals surface area (Å²) in [5.41, 5.74) is 3.56. The van der Waals surface area contributed by atoms with Crippen molar-refractivity contribution in [3.8, 4) is 22.5 Å². The fraction of sp³-hybridized carbons (Fsp3) is 0.441. The van der Waals surface area contributed by atoms with Crippen LogP contribution in [-0.2, 0) is 17.6 Å². The van der Waals surface area contributed by atoms with Crippen LogP contribution >= 0.6 is 0 Å². The van der Waals surface area contributed by atoms with Crippen LogP contribution < -0.4 is 11.3 Å². The monoisotopic (exact) mass is 670 g/mol. The molecule has 0 spiro atoms. The molecular formula is C34H40FKN6O5. The molecule has 244 valence electrons. The molecule has 2 N–H and O–H groups in total. The summed E-state index contributed by atoms with van der Waals surface area (Å²) in [6.45, 7) is 4.42. The maximum atomic E-state index is 14.4. The fourth-order valence-corrected chi connectivity index (χ4v) is 6.33. The molecule has 47 heavy (non-hydrogen) atoms. The van der Waals surface area contributed by atoms with Crippen LogP contribution in [-0.4, -0.2) is 111 Å². The van der Waals surface area contributed by atoms with Crippen LogP contribution in [0.2, 0.25) is 0 Å². The van der Waals surface area contributed by atoms with E-state index in [0.717, 1.165) is 34.4 Å². The minimum absolute atomic E-state index is 0. The van der Waals surface area contributed by atoms with Crippen LogP contribution in [0.4, 0.5) is 4.39 Å². The molecule has 1 unspecified atom stereocenters. The molecule has 1 saturated carbocycles. The van der Waals surface area contributed by atoms with Crippen molar-refractivity contribution < 1.29 is 18.8 Å². The van der Waals surface area contributed by atoms with Crippen LogP contribution in [0.5, 0.6) is 0 Å². The van der Waals surface area contributed by atoms with E-state index >= 15 is 0 Å². The Hall–Kier alpha value is -2.78. The normalized spacial score (nSPS) is 17.8. The van der Waals surface area contributed by atoms with Crippen molar-refractivity contribution in [2.75, 3.05) is 13.3 Å². The molecule has 11 nitrogen and oxygen atoms in total. The van der Waals surface area contributed by atoms with E-state index in [9.17, 15) is 19.1 Å². The molecule has 2 aromatic carbocycles. The first-order chi connectivity index (χ1) is 22.2. The van der Waals surface area contributed by atoms with Crippen LogP contribution in [0, 0.1) is 6.92 Å². The molecule has 0 saturated heterocycles. The number of alkyl halides is 1. The third-order valence-corrected chi connectivity index (χ3v) is 8.67. The van der Waals surface area contributed by atoms with Gasteiger partial charge in [-0.2, -0.15) is 10.1 Å². The van der Waals surface area contributed by atoms with Crippen LogP contribution in [0.3, 0.4) is 0 Å². The Morgan fingerprint density at radius 1 is 1.09 bits per heavy atom. The first-order valence-corrected chi connectivity index (χ1v) is 15.8. The molecular weight excluding hydrogens is 631 g/mol. The molecule has 3 aromatic heterocycles. The van der Waals surface area contributed by atoms with Gasteiger partial charge in [0.2, 0.25) is 5.78 Å². The Bertz CT molecular complexity index is 1940. The van der Waals surface area contributed by atoms with E-state index in [0.29, 0.717) is 61.5 Å². The van der Waals surface area contributed by atoms with Gasteiger partial charge in [-0.15, -0.1) is 0 Å². The quantitative estimate of drug-likeness (QED) is 0.198. The SMILES string of the molecule is CCCc1c(Cc2ccc(-c3ccccc3-c3noc(=O)[nH]3)cc2)c(=O)n([C@H]2CC[C@H](OCC(C)(O)CF)CC2)c2nc(C)nn12.[KH]. The zero-order valence-electron chi connectivity index (χ0n) is 26.3. The Morgan fingerprint density at radius 3 is 2.43 bits per heavy atom. The summed E-state index contributed by atoms with van der Waals surface area (Å²) in [6, 6.07) is 15.6. The number of benzene rings is 2. The van der Waals surface area contributed by atoms with Gasteiger partial charge in [0, 0.05) is 23.6 Å². The Labute approximate surface area is 314 Å². The van der Waals surface area contributed by atoms with Crippen LogP contribution in [0.15, 0.2) is 62.6 Å². The minimum atomic E-state index is -1.50. The van der Waals surface area contributed by atoms with Crippen molar-refractivity contribution in [2.24, 2.45) is 0 Å². The predicted molar refractivity (Wildman–Crippen MR) is 178 cm³/mol. The third kappa shape index (κ3) is 7.77. The number of halogens is 1. The topological polar surface area (TPSA) is 141 Å². The van der Waals surface area contributed by atoms with Crippen molar-refractivity contribution in [1.29, 1.82) is 0 Å². The second-order valence-corrected chi connectivity index (χ2v) is 12.5. The summed E-state index contributed by atoms with van der Waals surface area (Å²) in [7, 11) is 0. The molecule has 1 aliphatic rings. The van der Waals surface area contributed by atoms with Gasteiger partial charge in [-0.25, -0.2) is 13.7 Å². The molecule has 13 heteroatoms. The zero-order valence-corrected chi connectivity index (χ0v) is 26.3. The first kappa shape index (κ1) is 35.5. The Kier molecular flexibility index (Phi) is 11.5. The standard InChI is InChI=1S/C34H39FN6O5.K.H/c1-4-7-29-28(18-22-10-12-23(13-11-22)26-8-5-6-9-27(26)30-37-33(43)46-39-30)31(42)40(32-36-21(2)38-41(29)32)24-14-16-25(17-15-24)45-20-34(3,44)19-35;;/h5-6,8-13,24-25,44H,4,7,14-20H2,1-3H3,(H,37,39,43);;/t24-,25-,34?;;. The molecule has 0 amide bonds. The number of aromatic amines is 1. The van der Waals surface area contributed by atoms with Crippen molar-refractivity contribution >= 4 is 57.2 Å². The molecule has 6 rings (SSSR count). The van der Waals surface area contributed by atoms with E-state index in [4.69, 9.17) is 19.3 Å². The zero-order chi connectivity index (χ0) is 32.4. The van der Waals surface area contributed by atoms with E-state index in [1.807, 2.05) is 64.5 Å². The molecule has 0 bridgehead atoms. The molecule has 1 atom stereocenters. The molecule has 5 aromatic rings. The number of H-pyrrole nitrogens is 1. The molecule has 0 aliphatic heterocycles. The van der Waals surface area contributed by atoms with E-state index in [1.54, 1.807) is 0 Å². The van der Waals surface area contributed by atoms with Gasteiger partial charge in [0.1, 0.15) is 18.1 Å². The summed E-state index contributed by atoms with van der Waals surface area (Å²) < 4.78 is 27.3. The average molecular weight is 671 g/mol. The predicted octanol–water partition coefficient (Wildman–Crippen LogP) is 4.33. The van der Waals surface area contributed by atoms with Crippen molar-refractivity contribution in [3.05, 3.63) is 92.1 Å². The van der Waals surface area contributed by atoms with Crippen LogP contribution in [0.25, 0.3) is 28.3 Å². The maximum absolute atomic E-state index is 14.4. The number of rotatable bonds is 11. The van der Waals surface area contributed by atoms with Crippen molar-refractivity contribution in [2.45, 2.75) is 83.5 Å². The van der Waals surface area contributed by atoms with Gasteiger partial charge in [-0.3, -0.25) is 18.9 Å². The number of nitrogens with one attached hydrogen (secondary N) is 1. The van der Waals surface area contributed by atoms with Gasteiger partial charge < -0.3 is 9.84 Å². The summed E-state index contributed by atoms with van der Waals surface area (Å²) in [5, 5.41) is 18.6. The van der Waals surface area contributed by atoms with Crippen molar-refractivity contribution in [1.82, 2.24) is 29.3 Å². The second kappa shape index (κ2) is 15.2. The summed E-state index contributed by atoms with van der Waals surface area (Å²) in [6.07, 6.45) is 4.62. The van der Waals surface area contributed by atoms with Gasteiger partial charge in [0.15, 0.2) is 5.82 Å². The van der Waals surface area contributed by atoms with E-state index in [1.165, 1.54) is 6.92 Å². The fourth-order valence-electron chi connectivity index (χ4n) is 6.33.